The number of aliphatic hydroxyl groups excluding tert-OH is 2. The minimum Gasteiger partial charge on any atom is -0.481 e. The number of esters is 4. The Bertz CT molecular complexity index is 3490. The van der Waals surface area contributed by atoms with Crippen molar-refractivity contribution in [2.24, 2.45) is 0 Å². The minimum absolute atomic E-state index is 0.0879. The molecule has 0 aromatic heterocycles. The number of cyclic esters (lactones) is 2. The van der Waals surface area contributed by atoms with E-state index in [4.69, 9.17) is 29.9 Å². The molecule has 1 rings (SSSR count). The molecule has 4 N–H and O–H groups in total. The van der Waals surface area contributed by atoms with Crippen LogP contribution in [-0.2, 0) is 43.0 Å². The fourth-order valence-electron chi connectivity index (χ4n) is 8.16. The normalized spacial score (nSPS) is 15.4. The van der Waals surface area contributed by atoms with Gasteiger partial charge in [-0.2, -0.15) is 0 Å². The van der Waals surface area contributed by atoms with Crippen LogP contribution < -0.4 is 0 Å². The van der Waals surface area contributed by atoms with Gasteiger partial charge in [0.1, 0.15) is 13.2 Å². The zero-order valence-corrected chi connectivity index (χ0v) is 68.0. The topological polar surface area (TPSA) is 211 Å². The van der Waals surface area contributed by atoms with Crippen LogP contribution in [0.4, 0.5) is 0 Å². The van der Waals surface area contributed by atoms with E-state index in [2.05, 4.69) is 270 Å². The van der Waals surface area contributed by atoms with Crippen molar-refractivity contribution in [2.75, 3.05) is 26.4 Å². The molecule has 1 aliphatic heterocycles. The molecule has 584 valence electrons. The Labute approximate surface area is 644 Å². The second kappa shape index (κ2) is 68.0. The summed E-state index contributed by atoms with van der Waals surface area (Å²) in [6.45, 7) is 37.6. The van der Waals surface area contributed by atoms with Crippen molar-refractivity contribution in [1.82, 2.24) is 0 Å². The van der Waals surface area contributed by atoms with Crippen molar-refractivity contribution in [1.29, 1.82) is 0 Å². The number of allylic oxidation sites excluding steroid dienone is 48. The van der Waals surface area contributed by atoms with Crippen LogP contribution in [0.25, 0.3) is 0 Å². The highest BCUT2D eigenvalue weighted by atomic mass is 16.6. The van der Waals surface area contributed by atoms with E-state index in [1.165, 1.54) is 66.9 Å². The van der Waals surface area contributed by atoms with Gasteiger partial charge >= 0.3 is 35.8 Å². The Hall–Kier alpha value is -9.82. The smallest absolute Gasteiger partial charge is 0.314 e. The van der Waals surface area contributed by atoms with E-state index in [0.717, 1.165) is 73.7 Å². The van der Waals surface area contributed by atoms with E-state index in [1.54, 1.807) is 0 Å². The summed E-state index contributed by atoms with van der Waals surface area (Å²) in [5, 5.41) is 35.2. The zero-order valence-electron chi connectivity index (χ0n) is 68.0. The maximum atomic E-state index is 11.4. The highest BCUT2D eigenvalue weighted by molar-refractivity contribution is 5.92. The molecule has 0 radical (unpaired) electrons. The van der Waals surface area contributed by atoms with Gasteiger partial charge in [0.2, 0.25) is 0 Å². The third-order valence-corrected chi connectivity index (χ3v) is 15.1. The maximum absolute atomic E-state index is 11.4. The number of carboxylic acids is 2. The lowest BCUT2D eigenvalue weighted by molar-refractivity contribution is -0.152. The first-order chi connectivity index (χ1) is 50.8. The number of aliphatic hydroxyl groups is 2. The van der Waals surface area contributed by atoms with Crippen molar-refractivity contribution in [3.63, 3.8) is 0 Å². The molecule has 1 heterocycles. The largest absolute Gasteiger partial charge is 0.481 e. The second-order valence-corrected chi connectivity index (χ2v) is 26.4. The predicted octanol–water partition coefficient (Wildman–Crippen LogP) is 23.5. The van der Waals surface area contributed by atoms with Crippen molar-refractivity contribution >= 4 is 35.8 Å². The van der Waals surface area contributed by atoms with Crippen molar-refractivity contribution in [3.8, 4) is 0 Å². The highest BCUT2D eigenvalue weighted by Crippen LogP contribution is 2.14. The van der Waals surface area contributed by atoms with E-state index in [0.29, 0.717) is 0 Å². The Morgan fingerprint density at radius 3 is 0.794 bits per heavy atom. The van der Waals surface area contributed by atoms with E-state index >= 15 is 0 Å². The molecule has 13 nitrogen and oxygen atoms in total. The molecule has 1 saturated heterocycles. The first-order valence-corrected chi connectivity index (χ1v) is 36.9. The van der Waals surface area contributed by atoms with Gasteiger partial charge in [0.25, 0.3) is 0 Å². The molecule has 0 amide bonds. The molecule has 0 aromatic rings. The highest BCUT2D eigenvalue weighted by Gasteiger charge is 2.19. The van der Waals surface area contributed by atoms with Gasteiger partial charge in [-0.1, -0.05) is 297 Å². The number of rotatable bonds is 43. The fourth-order valence-corrected chi connectivity index (χ4v) is 8.16. The van der Waals surface area contributed by atoms with Gasteiger partial charge in [-0.3, -0.25) is 28.8 Å². The van der Waals surface area contributed by atoms with Crippen LogP contribution in [0.3, 0.4) is 0 Å². The molecule has 0 aliphatic carbocycles. The van der Waals surface area contributed by atoms with Crippen LogP contribution in [-0.4, -0.2) is 82.7 Å². The number of aliphatic carboxylic acids is 2. The second-order valence-electron chi connectivity index (χ2n) is 26.4. The fraction of sp³-hybridized carbons (Fsp3) is 0.383. The van der Waals surface area contributed by atoms with Crippen LogP contribution in [0.5, 0.6) is 0 Å². The van der Waals surface area contributed by atoms with Gasteiger partial charge in [0, 0.05) is 0 Å². The Morgan fingerprint density at radius 2 is 0.561 bits per heavy atom. The lowest BCUT2D eigenvalue weighted by atomic mass is 10.1. The van der Waals surface area contributed by atoms with E-state index in [-0.39, 0.29) is 65.0 Å². The first-order valence-electron chi connectivity index (χ1n) is 36.9. The molecule has 13 heteroatoms. The van der Waals surface area contributed by atoms with Crippen molar-refractivity contribution in [2.45, 2.75) is 215 Å². The SMILES string of the molecule is C/C=C(C)/C=C/C=C(C)/C=C/C=C(\C)CC/C=C(\C)COC(=O)CCC(=O)O.C/C=C/C=C(C)/C=C/C=C(C)/C=C/C=C(\C)CC/C=C(\C)COC(=O)CCC(=O)O.CC(/C=C/C=C(C)/C=C/C=C(\C)CC/C=C(\C)CO)=C\C=C\C=C(C)\C=C\C=C(C)\C=C\C=C(/C)CC/C=C(\C)CO.O=C1CCC(=O)O1. The average molecular weight is 1470 g/mol. The number of carbonyl (C=O) groups excluding carboxylic acids is 4. The number of ether oxygens (including phenoxy) is 3. The number of hydrogen-bond acceptors (Lipinski definition) is 11. The van der Waals surface area contributed by atoms with Crippen LogP contribution in [0.1, 0.15) is 215 Å². The van der Waals surface area contributed by atoms with Gasteiger partial charge in [-0.25, -0.2) is 0 Å². The van der Waals surface area contributed by atoms with E-state index in [1.807, 2.05) is 78.0 Å². The van der Waals surface area contributed by atoms with Crippen LogP contribution in [0.15, 0.2) is 308 Å². The van der Waals surface area contributed by atoms with Crippen LogP contribution >= 0.6 is 0 Å². The van der Waals surface area contributed by atoms with Gasteiger partial charge in [0.05, 0.1) is 51.7 Å². The molecule has 0 aromatic carbocycles. The summed E-state index contributed by atoms with van der Waals surface area (Å²) in [6, 6.07) is 0. The summed E-state index contributed by atoms with van der Waals surface area (Å²) in [5.41, 5.74) is 18.8. The molecule has 0 spiro atoms. The Balaban J connectivity index is -0.00000148. The summed E-state index contributed by atoms with van der Waals surface area (Å²) in [7, 11) is 0. The summed E-state index contributed by atoms with van der Waals surface area (Å²) < 4.78 is 14.2. The van der Waals surface area contributed by atoms with Crippen LogP contribution in [0.2, 0.25) is 0 Å². The minimum atomic E-state index is -0.995. The molecule has 0 unspecified atom stereocenters. The maximum Gasteiger partial charge on any atom is 0.314 e. The molecular formula is C94H130O13. The number of hydrogen-bond donors (Lipinski definition) is 4. The lowest BCUT2D eigenvalue weighted by Crippen LogP contribution is -2.08. The molecule has 0 atom stereocenters. The van der Waals surface area contributed by atoms with Gasteiger partial charge in [-0.05, 0) is 187 Å². The summed E-state index contributed by atoms with van der Waals surface area (Å²) >= 11 is 0. The zero-order chi connectivity index (χ0) is 81.0. The Kier molecular flexibility index (Phi) is 64.4. The first kappa shape index (κ1) is 101. The van der Waals surface area contributed by atoms with Gasteiger partial charge in [0.15, 0.2) is 0 Å². The summed E-state index contributed by atoms with van der Waals surface area (Å²) in [4.78, 5) is 63.6. The molecule has 107 heavy (non-hydrogen) atoms. The monoisotopic (exact) mass is 1470 g/mol. The van der Waals surface area contributed by atoms with E-state index in [9.17, 15) is 28.8 Å². The third kappa shape index (κ3) is 72.9. The van der Waals surface area contributed by atoms with Gasteiger partial charge in [-0.15, -0.1) is 0 Å². The molecule has 1 fully saturated rings. The number of carboxylic acid groups (broad SMARTS) is 2. The standard InChI is InChI=1S/C40H56O2.C26H36O4.C24H34O4.C4H4O3/c1-33(19-11-21-35(3)23-13-25-37(5)27-15-29-39(7)31-41)17-9-10-18-34(2)20-12-22-36(4)24-14-26-38(6)28-16-30-40(8)32-42;1-6-7-11-21(2)12-8-13-22(3)14-9-15-23(4)16-10-17-24(5)20-30-26(29)19-18-25(27)28;1-6-19(2)10-7-11-20(3)12-8-13-21(4)14-9-15-22(5)18-28-24(27)17-16-23(25)26;5-3-1-2-4(6)7-3/h9-14,17-26,29-30,41-42H,15-16,27-28,31-32H2,1-8H3;6-9,11-15,17H,10,16,18-20H2,1-5H3,(H,27,28);6-8,10-13,15H,9,14,16-18H2,1-5H3,(H,25,26);1-2H2/b10-9+,19-11+,20-12+,23-13+,24-14+,33-17+,34-18+,35-21+,36-22+,37-25+,38-26+,39-29+,40-30+;7-6+,12-8+,14-9+,21-11+,22-13+,23-15+,24-17+;10-7+,12-8+,19-6+,20-11+,21-13+,22-15+;. The molecule has 0 bridgehead atoms. The van der Waals surface area contributed by atoms with Crippen LogP contribution in [0, 0.1) is 0 Å². The molecule has 0 saturated carbocycles. The quantitative estimate of drug-likeness (QED) is 0.0147. The third-order valence-electron chi connectivity index (χ3n) is 15.1. The van der Waals surface area contributed by atoms with Crippen molar-refractivity contribution < 1.29 is 63.4 Å². The van der Waals surface area contributed by atoms with E-state index < -0.39 is 35.8 Å². The van der Waals surface area contributed by atoms with Crippen molar-refractivity contribution in [3.05, 3.63) is 308 Å². The molecule has 1 aliphatic rings. The summed E-state index contributed by atoms with van der Waals surface area (Å²) in [5.74, 6) is -3.74. The Morgan fingerprint density at radius 1 is 0.318 bits per heavy atom. The number of carbonyl (C=O) groups is 6. The molecular weight excluding hydrogens is 1340 g/mol. The predicted molar refractivity (Wildman–Crippen MR) is 450 cm³/mol. The summed E-state index contributed by atoms with van der Waals surface area (Å²) in [6.07, 6.45) is 82.6. The van der Waals surface area contributed by atoms with Gasteiger partial charge < -0.3 is 34.6 Å². The lowest BCUT2D eigenvalue weighted by Gasteiger charge is -2.04. The average Bonchev–Trinajstić information content (AvgIpc) is 1.91.